The van der Waals surface area contributed by atoms with Crippen molar-refractivity contribution in [3.8, 4) is 0 Å². The van der Waals surface area contributed by atoms with Crippen molar-refractivity contribution < 1.29 is 18.5 Å². The van der Waals surface area contributed by atoms with Crippen molar-refractivity contribution in [2.45, 2.75) is 141 Å². The molecule has 2 atom stereocenters. The van der Waals surface area contributed by atoms with E-state index >= 15 is 0 Å². The van der Waals surface area contributed by atoms with Gasteiger partial charge in [0.25, 0.3) is 0 Å². The summed E-state index contributed by atoms with van der Waals surface area (Å²) in [6.07, 6.45) is 31.4. The lowest BCUT2D eigenvalue weighted by Crippen LogP contribution is -2.45. The topological polar surface area (TPSA) is 46.5 Å². The van der Waals surface area contributed by atoms with Gasteiger partial charge in [0.15, 0.2) is 5.78 Å². The van der Waals surface area contributed by atoms with E-state index < -0.39 is 7.60 Å². The first-order chi connectivity index (χ1) is 16.8. The quantitative estimate of drug-likeness (QED) is 0.0541. The van der Waals surface area contributed by atoms with Gasteiger partial charge in [-0.3, -0.25) is 4.57 Å². The molecule has 0 aliphatic heterocycles. The fourth-order valence-electron chi connectivity index (χ4n) is 4.62. The molecule has 0 aromatic carbocycles. The van der Waals surface area contributed by atoms with Crippen molar-refractivity contribution in [1.82, 2.24) is 0 Å². The van der Waals surface area contributed by atoms with Gasteiger partial charge in [-0.2, -0.15) is 0 Å². The van der Waals surface area contributed by atoms with Gasteiger partial charge >= 0.3 is 7.60 Å². The number of rotatable bonds is 26. The van der Waals surface area contributed by atoms with Crippen molar-refractivity contribution in [2.75, 3.05) is 27.7 Å². The fourth-order valence-corrected chi connectivity index (χ4v) is 6.65. The van der Waals surface area contributed by atoms with E-state index in [0.717, 1.165) is 19.3 Å². The van der Waals surface area contributed by atoms with Gasteiger partial charge in [0.1, 0.15) is 0 Å². The first kappa shape index (κ1) is 34.6. The molecule has 0 aromatic heterocycles. The Morgan fingerprint density at radius 3 is 1.54 bits per heavy atom. The van der Waals surface area contributed by atoms with E-state index in [9.17, 15) is 9.46 Å². The molecule has 0 heterocycles. The standard InChI is InChI=1S/C30H60NO3P/c1-6-8-9-10-11-12-13-14-15-16-17-18-19-20-21-22-23-24-25-26-27-29-34-35(32,33)30(28-7-2)31(3,4)5/h6,17-18,30H,1,7-16,19-29H2,2-5H3/p+1/b18-17-. The molecule has 0 bridgehead atoms. The smallest absolute Gasteiger partial charge is 0.320 e. The summed E-state index contributed by atoms with van der Waals surface area (Å²) < 4.78 is 18.6. The third kappa shape index (κ3) is 21.4. The number of nitrogens with zero attached hydrogens (tertiary/aromatic N) is 1. The van der Waals surface area contributed by atoms with E-state index in [1.54, 1.807) is 0 Å². The van der Waals surface area contributed by atoms with E-state index in [1.807, 2.05) is 27.2 Å². The van der Waals surface area contributed by atoms with Gasteiger partial charge in [-0.05, 0) is 51.4 Å². The summed E-state index contributed by atoms with van der Waals surface area (Å²) in [7, 11) is 2.34. The molecule has 0 radical (unpaired) electrons. The summed E-state index contributed by atoms with van der Waals surface area (Å²) in [4.78, 5) is 10.4. The van der Waals surface area contributed by atoms with Crippen LogP contribution >= 0.6 is 7.60 Å². The molecule has 0 saturated heterocycles. The molecule has 0 aromatic rings. The summed E-state index contributed by atoms with van der Waals surface area (Å²) in [5.74, 6) is -0.338. The van der Waals surface area contributed by atoms with Crippen LogP contribution in [0.25, 0.3) is 0 Å². The second kappa shape index (κ2) is 22.8. The van der Waals surface area contributed by atoms with Gasteiger partial charge in [-0.1, -0.05) is 95.8 Å². The molecule has 0 amide bonds. The van der Waals surface area contributed by atoms with Crippen LogP contribution in [0.15, 0.2) is 24.8 Å². The lowest BCUT2D eigenvalue weighted by molar-refractivity contribution is -0.883. The monoisotopic (exact) mass is 514 g/mol. The Hall–Kier alpha value is -0.410. The molecule has 208 valence electrons. The first-order valence-corrected chi connectivity index (χ1v) is 16.4. The minimum Gasteiger partial charge on any atom is -0.320 e. The first-order valence-electron chi connectivity index (χ1n) is 14.8. The maximum Gasteiger partial charge on any atom is 0.385 e. The number of quaternary nitrogens is 1. The molecule has 2 unspecified atom stereocenters. The van der Waals surface area contributed by atoms with Crippen molar-refractivity contribution in [3.63, 3.8) is 0 Å². The third-order valence-electron chi connectivity index (χ3n) is 6.80. The highest BCUT2D eigenvalue weighted by Crippen LogP contribution is 2.51. The second-order valence-electron chi connectivity index (χ2n) is 11.2. The van der Waals surface area contributed by atoms with Gasteiger partial charge in [-0.25, -0.2) is 0 Å². The maximum atomic E-state index is 12.7. The molecular weight excluding hydrogens is 453 g/mol. The molecule has 4 nitrogen and oxygen atoms in total. The largest absolute Gasteiger partial charge is 0.385 e. The molecule has 0 aliphatic rings. The van der Waals surface area contributed by atoms with Crippen LogP contribution in [0.1, 0.15) is 135 Å². The maximum absolute atomic E-state index is 12.7. The molecule has 0 aliphatic carbocycles. The van der Waals surface area contributed by atoms with E-state index in [-0.39, 0.29) is 5.78 Å². The minimum absolute atomic E-state index is 0.338. The van der Waals surface area contributed by atoms with Crippen LogP contribution in [-0.2, 0) is 9.09 Å². The highest BCUT2D eigenvalue weighted by molar-refractivity contribution is 7.53. The molecule has 1 N–H and O–H groups in total. The van der Waals surface area contributed by atoms with Gasteiger partial charge in [-0.15, -0.1) is 6.58 Å². The van der Waals surface area contributed by atoms with Crippen molar-refractivity contribution >= 4 is 7.60 Å². The average Bonchev–Trinajstić information content (AvgIpc) is 2.80. The molecule has 0 saturated carbocycles. The second-order valence-corrected chi connectivity index (χ2v) is 13.2. The molecule has 0 fully saturated rings. The highest BCUT2D eigenvalue weighted by Gasteiger charge is 2.41. The summed E-state index contributed by atoms with van der Waals surface area (Å²) >= 11 is 0. The Labute approximate surface area is 219 Å². The van der Waals surface area contributed by atoms with Crippen LogP contribution in [0.4, 0.5) is 0 Å². The minimum atomic E-state index is -3.57. The van der Waals surface area contributed by atoms with Gasteiger partial charge in [0, 0.05) is 6.42 Å². The van der Waals surface area contributed by atoms with Gasteiger partial charge < -0.3 is 13.9 Å². The van der Waals surface area contributed by atoms with Crippen LogP contribution in [-0.4, -0.2) is 42.9 Å². The molecule has 0 rings (SSSR count). The zero-order valence-electron chi connectivity index (χ0n) is 24.0. The lowest BCUT2D eigenvalue weighted by atomic mass is 10.1. The Morgan fingerprint density at radius 2 is 1.14 bits per heavy atom. The SMILES string of the molecule is C=CCCCCCCCCC/C=C\CCCCCCCCCCOP(=O)(O)C(CCC)[N+](C)(C)C. The summed E-state index contributed by atoms with van der Waals surface area (Å²) in [5, 5.41) is 0. The molecule has 35 heavy (non-hydrogen) atoms. The van der Waals surface area contributed by atoms with Crippen molar-refractivity contribution in [3.05, 3.63) is 24.8 Å². The van der Waals surface area contributed by atoms with Crippen molar-refractivity contribution in [1.29, 1.82) is 0 Å². The highest BCUT2D eigenvalue weighted by atomic mass is 31.2. The number of allylic oxidation sites excluding steroid dienone is 3. The Kier molecular flexibility index (Phi) is 22.5. The van der Waals surface area contributed by atoms with Crippen LogP contribution in [0.3, 0.4) is 0 Å². The summed E-state index contributed by atoms with van der Waals surface area (Å²) in [6, 6.07) is 0. The zero-order valence-corrected chi connectivity index (χ0v) is 24.9. The normalized spacial score (nSPS) is 14.9. The lowest BCUT2D eigenvalue weighted by Gasteiger charge is -2.35. The molecular formula is C30H61NO3P+. The van der Waals surface area contributed by atoms with Crippen LogP contribution in [0.2, 0.25) is 0 Å². The summed E-state index contributed by atoms with van der Waals surface area (Å²) in [5.41, 5.74) is 0. The van der Waals surface area contributed by atoms with Crippen LogP contribution in [0, 0.1) is 0 Å². The Balaban J connectivity index is 3.48. The Bertz CT molecular complexity index is 556. The van der Waals surface area contributed by atoms with E-state index in [1.165, 1.54) is 103 Å². The fraction of sp³-hybridized carbons (Fsp3) is 0.867. The zero-order chi connectivity index (χ0) is 26.3. The molecule has 5 heteroatoms. The third-order valence-corrected chi connectivity index (χ3v) is 9.06. The van der Waals surface area contributed by atoms with Crippen LogP contribution in [0.5, 0.6) is 0 Å². The predicted octanol–water partition coefficient (Wildman–Crippen LogP) is 9.78. The number of unbranched alkanes of at least 4 members (excludes halogenated alkanes) is 16. The van der Waals surface area contributed by atoms with E-state index in [2.05, 4.69) is 25.7 Å². The number of hydrogen-bond donors (Lipinski definition) is 1. The average molecular weight is 515 g/mol. The van der Waals surface area contributed by atoms with Gasteiger partial charge in [0.2, 0.25) is 0 Å². The van der Waals surface area contributed by atoms with E-state index in [4.69, 9.17) is 4.52 Å². The Morgan fingerprint density at radius 1 is 0.743 bits per heavy atom. The molecule has 0 spiro atoms. The van der Waals surface area contributed by atoms with E-state index in [0.29, 0.717) is 17.5 Å². The predicted molar refractivity (Wildman–Crippen MR) is 155 cm³/mol. The number of hydrogen-bond acceptors (Lipinski definition) is 2. The van der Waals surface area contributed by atoms with Crippen LogP contribution < -0.4 is 0 Å². The van der Waals surface area contributed by atoms with Gasteiger partial charge in [0.05, 0.1) is 27.7 Å². The summed E-state index contributed by atoms with van der Waals surface area (Å²) in [6.45, 7) is 6.23. The van der Waals surface area contributed by atoms with Crippen molar-refractivity contribution in [2.24, 2.45) is 0 Å².